The van der Waals surface area contributed by atoms with Crippen LogP contribution in [0, 0.1) is 5.41 Å². The Morgan fingerprint density at radius 3 is 2.53 bits per heavy atom. The SMILES string of the molecule is C=C(NC(C)=O)C1=CC(=O)CC(C)(C)C1. The van der Waals surface area contributed by atoms with E-state index in [4.69, 9.17) is 0 Å². The highest BCUT2D eigenvalue weighted by atomic mass is 16.1. The van der Waals surface area contributed by atoms with Gasteiger partial charge in [-0.25, -0.2) is 0 Å². The van der Waals surface area contributed by atoms with Crippen molar-refractivity contribution in [1.82, 2.24) is 5.32 Å². The smallest absolute Gasteiger partial charge is 0.221 e. The van der Waals surface area contributed by atoms with E-state index in [1.807, 2.05) is 13.8 Å². The predicted octanol–water partition coefficient (Wildman–Crippen LogP) is 1.95. The van der Waals surface area contributed by atoms with Crippen molar-refractivity contribution in [3.8, 4) is 0 Å². The molecule has 82 valence electrons. The third-order valence-electron chi connectivity index (χ3n) is 2.37. The van der Waals surface area contributed by atoms with Gasteiger partial charge in [0.1, 0.15) is 0 Å². The molecule has 1 amide bonds. The van der Waals surface area contributed by atoms with Gasteiger partial charge in [-0.3, -0.25) is 9.59 Å². The van der Waals surface area contributed by atoms with E-state index in [0.29, 0.717) is 12.1 Å². The summed E-state index contributed by atoms with van der Waals surface area (Å²) in [6.07, 6.45) is 2.92. The van der Waals surface area contributed by atoms with Crippen molar-refractivity contribution in [3.63, 3.8) is 0 Å². The van der Waals surface area contributed by atoms with E-state index in [-0.39, 0.29) is 17.1 Å². The fourth-order valence-electron chi connectivity index (χ4n) is 1.83. The summed E-state index contributed by atoms with van der Waals surface area (Å²) in [4.78, 5) is 22.3. The van der Waals surface area contributed by atoms with Gasteiger partial charge in [0.15, 0.2) is 5.78 Å². The second-order valence-electron chi connectivity index (χ2n) is 4.81. The van der Waals surface area contributed by atoms with E-state index in [0.717, 1.165) is 12.0 Å². The summed E-state index contributed by atoms with van der Waals surface area (Å²) in [5, 5.41) is 2.62. The van der Waals surface area contributed by atoms with Crippen molar-refractivity contribution in [1.29, 1.82) is 0 Å². The largest absolute Gasteiger partial charge is 0.327 e. The number of amides is 1. The molecule has 0 aromatic rings. The Kier molecular flexibility index (Phi) is 3.12. The second-order valence-corrected chi connectivity index (χ2v) is 4.81. The molecule has 3 nitrogen and oxygen atoms in total. The van der Waals surface area contributed by atoms with Crippen molar-refractivity contribution in [2.75, 3.05) is 0 Å². The molecule has 0 aromatic heterocycles. The third kappa shape index (κ3) is 3.35. The Hall–Kier alpha value is -1.38. The number of rotatable bonds is 2. The molecular formula is C12H17NO2. The Labute approximate surface area is 90.2 Å². The molecular weight excluding hydrogens is 190 g/mol. The molecule has 0 aliphatic heterocycles. The molecule has 1 rings (SSSR count). The molecule has 0 aromatic carbocycles. The molecule has 0 saturated heterocycles. The molecule has 3 heteroatoms. The van der Waals surface area contributed by atoms with Crippen molar-refractivity contribution in [3.05, 3.63) is 23.9 Å². The van der Waals surface area contributed by atoms with Gasteiger partial charge in [0.25, 0.3) is 0 Å². The van der Waals surface area contributed by atoms with Gasteiger partial charge in [-0.05, 0) is 23.5 Å². The fraction of sp³-hybridized carbons (Fsp3) is 0.500. The summed E-state index contributed by atoms with van der Waals surface area (Å²) < 4.78 is 0. The van der Waals surface area contributed by atoms with Crippen LogP contribution in [0.1, 0.15) is 33.6 Å². The highest BCUT2D eigenvalue weighted by Gasteiger charge is 2.28. The number of hydrogen-bond acceptors (Lipinski definition) is 2. The first-order valence-electron chi connectivity index (χ1n) is 5.00. The van der Waals surface area contributed by atoms with Crippen LogP contribution in [0.4, 0.5) is 0 Å². The first-order valence-corrected chi connectivity index (χ1v) is 5.00. The monoisotopic (exact) mass is 207 g/mol. The minimum Gasteiger partial charge on any atom is -0.327 e. The summed E-state index contributed by atoms with van der Waals surface area (Å²) in [5.41, 5.74) is 1.35. The van der Waals surface area contributed by atoms with Crippen LogP contribution in [0.15, 0.2) is 23.9 Å². The molecule has 15 heavy (non-hydrogen) atoms. The summed E-state index contributed by atoms with van der Waals surface area (Å²) in [5.74, 6) is -0.0514. The molecule has 0 radical (unpaired) electrons. The lowest BCUT2D eigenvalue weighted by molar-refractivity contribution is -0.119. The molecule has 0 saturated carbocycles. The molecule has 0 atom stereocenters. The number of nitrogens with one attached hydrogen (secondary N) is 1. The van der Waals surface area contributed by atoms with Gasteiger partial charge in [-0.2, -0.15) is 0 Å². The second kappa shape index (κ2) is 4.01. The van der Waals surface area contributed by atoms with Crippen LogP contribution in [0.25, 0.3) is 0 Å². The molecule has 1 aliphatic rings. The van der Waals surface area contributed by atoms with Gasteiger partial charge < -0.3 is 5.32 Å². The predicted molar refractivity (Wildman–Crippen MR) is 59.1 cm³/mol. The van der Waals surface area contributed by atoms with E-state index in [9.17, 15) is 9.59 Å². The van der Waals surface area contributed by atoms with E-state index in [2.05, 4.69) is 11.9 Å². The number of carbonyl (C=O) groups excluding carboxylic acids is 2. The van der Waals surface area contributed by atoms with Gasteiger partial charge >= 0.3 is 0 Å². The van der Waals surface area contributed by atoms with Gasteiger partial charge in [-0.15, -0.1) is 0 Å². The molecule has 0 fully saturated rings. The van der Waals surface area contributed by atoms with Crippen LogP contribution in [-0.2, 0) is 9.59 Å². The lowest BCUT2D eigenvalue weighted by atomic mass is 9.76. The minimum atomic E-state index is -0.156. The molecule has 1 N–H and O–H groups in total. The number of allylic oxidation sites excluding steroid dienone is 2. The molecule has 1 aliphatic carbocycles. The number of ketones is 1. The van der Waals surface area contributed by atoms with E-state index in [1.54, 1.807) is 6.08 Å². The summed E-state index contributed by atoms with van der Waals surface area (Å²) in [6.45, 7) is 9.28. The maximum atomic E-state index is 11.4. The average molecular weight is 207 g/mol. The third-order valence-corrected chi connectivity index (χ3v) is 2.37. The lowest BCUT2D eigenvalue weighted by Gasteiger charge is -2.29. The minimum absolute atomic E-state index is 0.0391. The fourth-order valence-corrected chi connectivity index (χ4v) is 1.83. The highest BCUT2D eigenvalue weighted by Crippen LogP contribution is 2.35. The van der Waals surface area contributed by atoms with Crippen LogP contribution >= 0.6 is 0 Å². The summed E-state index contributed by atoms with van der Waals surface area (Å²) in [6, 6.07) is 0. The van der Waals surface area contributed by atoms with Crippen LogP contribution in [0.2, 0.25) is 0 Å². The standard InChI is InChI=1S/C12H17NO2/c1-8(13-9(2)14)10-5-11(15)7-12(3,4)6-10/h5H,1,6-7H2,2-4H3,(H,13,14). The highest BCUT2D eigenvalue weighted by molar-refractivity contribution is 5.93. The van der Waals surface area contributed by atoms with Crippen molar-refractivity contribution >= 4 is 11.7 Å². The molecule has 0 bridgehead atoms. The van der Waals surface area contributed by atoms with Gasteiger partial charge in [0.2, 0.25) is 5.91 Å². The maximum absolute atomic E-state index is 11.4. The van der Waals surface area contributed by atoms with E-state index < -0.39 is 0 Å². The van der Waals surface area contributed by atoms with Gasteiger partial charge in [0.05, 0.1) is 0 Å². The lowest BCUT2D eigenvalue weighted by Crippen LogP contribution is -2.27. The zero-order chi connectivity index (χ0) is 11.6. The van der Waals surface area contributed by atoms with Crippen LogP contribution in [-0.4, -0.2) is 11.7 Å². The van der Waals surface area contributed by atoms with Gasteiger partial charge in [-0.1, -0.05) is 20.4 Å². The number of carbonyl (C=O) groups is 2. The molecule has 0 unspecified atom stereocenters. The van der Waals surface area contributed by atoms with E-state index in [1.165, 1.54) is 6.92 Å². The average Bonchev–Trinajstić information content (AvgIpc) is 1.98. The number of hydrogen-bond donors (Lipinski definition) is 1. The topological polar surface area (TPSA) is 46.2 Å². The molecule has 0 spiro atoms. The maximum Gasteiger partial charge on any atom is 0.221 e. The Morgan fingerprint density at radius 1 is 1.47 bits per heavy atom. The first kappa shape index (κ1) is 11.7. The summed E-state index contributed by atoms with van der Waals surface area (Å²) >= 11 is 0. The first-order chi connectivity index (χ1) is 6.80. The van der Waals surface area contributed by atoms with Crippen molar-refractivity contribution in [2.24, 2.45) is 5.41 Å². The van der Waals surface area contributed by atoms with Crippen LogP contribution in [0.3, 0.4) is 0 Å². The Morgan fingerprint density at radius 2 is 2.07 bits per heavy atom. The summed E-state index contributed by atoms with van der Waals surface area (Å²) in [7, 11) is 0. The zero-order valence-corrected chi connectivity index (χ0v) is 9.52. The Balaban J connectivity index is 2.82. The van der Waals surface area contributed by atoms with E-state index >= 15 is 0 Å². The van der Waals surface area contributed by atoms with Crippen molar-refractivity contribution in [2.45, 2.75) is 33.6 Å². The Bertz CT molecular complexity index is 351. The quantitative estimate of drug-likeness (QED) is 0.752. The van der Waals surface area contributed by atoms with Crippen molar-refractivity contribution < 1.29 is 9.59 Å². The normalized spacial score (nSPS) is 19.4. The van der Waals surface area contributed by atoms with Crippen LogP contribution in [0.5, 0.6) is 0 Å². The zero-order valence-electron chi connectivity index (χ0n) is 9.52. The molecule has 0 heterocycles. The van der Waals surface area contributed by atoms with Crippen LogP contribution < -0.4 is 5.32 Å². The van der Waals surface area contributed by atoms with Gasteiger partial charge in [0, 0.05) is 19.0 Å².